The number of hydrogen-bond acceptors (Lipinski definition) is 2. The van der Waals surface area contributed by atoms with E-state index in [2.05, 4.69) is 54.2 Å². The Morgan fingerprint density at radius 2 is 1.81 bits per heavy atom. The molecule has 1 aromatic rings. The molecule has 0 heterocycles. The van der Waals surface area contributed by atoms with Gasteiger partial charge in [-0.3, -0.25) is 0 Å². The second-order valence-corrected chi connectivity index (χ2v) is 4.49. The largest absolute Gasteiger partial charge is 0.492 e. The lowest BCUT2D eigenvalue weighted by molar-refractivity contribution is 0.311. The normalized spacial score (nSPS) is 9.75. The Morgan fingerprint density at radius 3 is 2.31 bits per heavy atom. The van der Waals surface area contributed by atoms with Crippen molar-refractivity contribution < 1.29 is 4.74 Å². The molecule has 0 bridgehead atoms. The Kier molecular flexibility index (Phi) is 7.81. The van der Waals surface area contributed by atoms with Gasteiger partial charge in [0.15, 0.2) is 0 Å². The van der Waals surface area contributed by atoms with Crippen molar-refractivity contribution in [3.05, 3.63) is 27.7 Å². The smallest absolute Gasteiger partial charge is 0.125 e. The molecule has 1 rings (SSSR count). The van der Waals surface area contributed by atoms with E-state index in [0.29, 0.717) is 0 Å². The molecule has 0 amide bonds. The molecule has 1 aromatic carbocycles. The molecule has 0 saturated carbocycles. The number of halogens is 2. The third-order valence-corrected chi connectivity index (χ3v) is 2.66. The van der Waals surface area contributed by atoms with E-state index >= 15 is 0 Å². The molecule has 4 heteroatoms. The number of nitrogens with one attached hydrogen (secondary N) is 1. The summed E-state index contributed by atoms with van der Waals surface area (Å²) in [6.07, 6.45) is 0. The van der Waals surface area contributed by atoms with Crippen molar-refractivity contribution in [3.8, 4) is 5.75 Å². The maximum absolute atomic E-state index is 5.74. The molecule has 2 nitrogen and oxygen atoms in total. The van der Waals surface area contributed by atoms with E-state index in [-0.39, 0.29) is 12.4 Å². The first-order valence-corrected chi connectivity index (χ1v) is 6.04. The summed E-state index contributed by atoms with van der Waals surface area (Å²) in [6, 6.07) is 4.16. The van der Waals surface area contributed by atoms with E-state index < -0.39 is 0 Å². The zero-order valence-electron chi connectivity index (χ0n) is 9.97. The van der Waals surface area contributed by atoms with E-state index in [9.17, 15) is 0 Å². The zero-order valence-corrected chi connectivity index (χ0v) is 12.4. The van der Waals surface area contributed by atoms with Crippen LogP contribution in [0.4, 0.5) is 0 Å². The third-order valence-electron chi connectivity index (χ3n) is 2.20. The molecule has 16 heavy (non-hydrogen) atoms. The number of hydrogen-bond donors (Lipinski definition) is 1. The fraction of sp³-hybridized carbons (Fsp3) is 0.500. The summed E-state index contributed by atoms with van der Waals surface area (Å²) in [4.78, 5) is 0. The van der Waals surface area contributed by atoms with Crippen molar-refractivity contribution >= 4 is 28.3 Å². The predicted octanol–water partition coefficient (Wildman–Crippen LogP) is 3.48. The highest BCUT2D eigenvalue weighted by Crippen LogP contribution is 2.27. The number of likely N-dealkylation sites (N-methyl/N-ethyl adjacent to an activating group) is 1. The first-order chi connectivity index (χ1) is 7.15. The Bertz CT molecular complexity index is 308. The minimum atomic E-state index is 0. The number of ether oxygens (including phenoxy) is 1. The minimum Gasteiger partial charge on any atom is -0.492 e. The molecule has 0 atom stereocenters. The van der Waals surface area contributed by atoms with Gasteiger partial charge in [0.2, 0.25) is 0 Å². The van der Waals surface area contributed by atoms with Crippen LogP contribution in [0.2, 0.25) is 0 Å². The molecule has 0 aromatic heterocycles. The van der Waals surface area contributed by atoms with Crippen LogP contribution in [0, 0.1) is 13.8 Å². The first-order valence-electron chi connectivity index (χ1n) is 5.25. The van der Waals surface area contributed by atoms with Gasteiger partial charge in [0.25, 0.3) is 0 Å². The van der Waals surface area contributed by atoms with Gasteiger partial charge in [-0.25, -0.2) is 0 Å². The van der Waals surface area contributed by atoms with Crippen LogP contribution in [-0.2, 0) is 0 Å². The molecule has 0 saturated heterocycles. The van der Waals surface area contributed by atoms with E-state index in [0.717, 1.165) is 29.9 Å². The van der Waals surface area contributed by atoms with Crippen molar-refractivity contribution in [2.45, 2.75) is 20.8 Å². The number of rotatable bonds is 5. The molecule has 92 valence electrons. The monoisotopic (exact) mass is 307 g/mol. The van der Waals surface area contributed by atoms with E-state index in [1.54, 1.807) is 0 Å². The maximum atomic E-state index is 5.74. The Morgan fingerprint density at radius 1 is 1.25 bits per heavy atom. The molecule has 0 unspecified atom stereocenters. The molecular weight excluding hydrogens is 289 g/mol. The van der Waals surface area contributed by atoms with Crippen LogP contribution in [0.25, 0.3) is 0 Å². The van der Waals surface area contributed by atoms with E-state index in [1.165, 1.54) is 11.1 Å². The summed E-state index contributed by atoms with van der Waals surface area (Å²) in [5, 5.41) is 3.23. The molecule has 0 radical (unpaired) electrons. The SMILES string of the molecule is CCNCCOc1c(C)cc(Br)cc1C.Cl. The standard InChI is InChI=1S/C12H18BrNO.ClH/c1-4-14-5-6-15-12-9(2)7-11(13)8-10(12)3;/h7-8,14H,4-6H2,1-3H3;1H. The van der Waals surface area contributed by atoms with Crippen molar-refractivity contribution in [1.29, 1.82) is 0 Å². The fourth-order valence-electron chi connectivity index (χ4n) is 1.53. The average molecular weight is 309 g/mol. The van der Waals surface area contributed by atoms with Crippen LogP contribution in [-0.4, -0.2) is 19.7 Å². The van der Waals surface area contributed by atoms with Gasteiger partial charge < -0.3 is 10.1 Å². The lowest BCUT2D eigenvalue weighted by atomic mass is 10.1. The van der Waals surface area contributed by atoms with Gasteiger partial charge in [-0.05, 0) is 43.7 Å². The Labute approximate surface area is 112 Å². The highest BCUT2D eigenvalue weighted by Gasteiger charge is 2.04. The van der Waals surface area contributed by atoms with Gasteiger partial charge in [0.05, 0.1) is 0 Å². The second kappa shape index (κ2) is 7.93. The second-order valence-electron chi connectivity index (χ2n) is 3.57. The summed E-state index contributed by atoms with van der Waals surface area (Å²) < 4.78 is 6.85. The van der Waals surface area contributed by atoms with Gasteiger partial charge in [0.1, 0.15) is 12.4 Å². The highest BCUT2D eigenvalue weighted by atomic mass is 79.9. The average Bonchev–Trinajstić information content (AvgIpc) is 2.15. The predicted molar refractivity (Wildman–Crippen MR) is 74.9 cm³/mol. The molecule has 0 aliphatic rings. The van der Waals surface area contributed by atoms with Crippen molar-refractivity contribution in [3.63, 3.8) is 0 Å². The van der Waals surface area contributed by atoms with Gasteiger partial charge in [-0.15, -0.1) is 12.4 Å². The van der Waals surface area contributed by atoms with Crippen molar-refractivity contribution in [2.75, 3.05) is 19.7 Å². The van der Waals surface area contributed by atoms with Gasteiger partial charge >= 0.3 is 0 Å². The molecule has 1 N–H and O–H groups in total. The molecule has 0 aliphatic heterocycles. The molecule has 0 fully saturated rings. The van der Waals surface area contributed by atoms with Crippen molar-refractivity contribution in [1.82, 2.24) is 5.32 Å². The summed E-state index contributed by atoms with van der Waals surface area (Å²) in [5.41, 5.74) is 2.36. The van der Waals surface area contributed by atoms with Crippen LogP contribution in [0.15, 0.2) is 16.6 Å². The van der Waals surface area contributed by atoms with E-state index in [1.807, 2.05) is 0 Å². The summed E-state index contributed by atoms with van der Waals surface area (Å²) in [7, 11) is 0. The van der Waals surface area contributed by atoms with Crippen LogP contribution in [0.1, 0.15) is 18.1 Å². The molecular formula is C12H19BrClNO. The number of aryl methyl sites for hydroxylation is 2. The van der Waals surface area contributed by atoms with Crippen molar-refractivity contribution in [2.24, 2.45) is 0 Å². The number of benzene rings is 1. The first kappa shape index (κ1) is 15.8. The van der Waals surface area contributed by atoms with Gasteiger partial charge in [-0.1, -0.05) is 22.9 Å². The summed E-state index contributed by atoms with van der Waals surface area (Å²) >= 11 is 3.47. The summed E-state index contributed by atoms with van der Waals surface area (Å²) in [5.74, 6) is 1.01. The topological polar surface area (TPSA) is 21.3 Å². The lowest BCUT2D eigenvalue weighted by Gasteiger charge is -2.12. The van der Waals surface area contributed by atoms with Crippen LogP contribution >= 0.6 is 28.3 Å². The van der Waals surface area contributed by atoms with Gasteiger partial charge in [0, 0.05) is 11.0 Å². The maximum Gasteiger partial charge on any atom is 0.125 e. The van der Waals surface area contributed by atoms with Crippen LogP contribution in [0.5, 0.6) is 5.75 Å². The molecule has 0 aliphatic carbocycles. The van der Waals surface area contributed by atoms with Crippen LogP contribution < -0.4 is 10.1 Å². The molecule has 0 spiro atoms. The minimum absolute atomic E-state index is 0. The Balaban J connectivity index is 0.00000225. The third kappa shape index (κ3) is 4.73. The fourth-order valence-corrected chi connectivity index (χ4v) is 2.21. The van der Waals surface area contributed by atoms with E-state index in [4.69, 9.17) is 4.74 Å². The quantitative estimate of drug-likeness (QED) is 0.841. The highest BCUT2D eigenvalue weighted by molar-refractivity contribution is 9.10. The van der Waals surface area contributed by atoms with Gasteiger partial charge in [-0.2, -0.15) is 0 Å². The Hall–Kier alpha value is -0.250. The zero-order chi connectivity index (χ0) is 11.3. The van der Waals surface area contributed by atoms with Crippen LogP contribution in [0.3, 0.4) is 0 Å². The summed E-state index contributed by atoms with van der Waals surface area (Å²) in [6.45, 7) is 8.83. The lowest BCUT2D eigenvalue weighted by Crippen LogP contribution is -2.20.